The van der Waals surface area contributed by atoms with Gasteiger partial charge in [0, 0.05) is 0 Å². The minimum absolute atomic E-state index is 0. The smallest absolute Gasteiger partial charge is 0.469 e. The highest BCUT2D eigenvalue weighted by molar-refractivity contribution is 5.56. The summed E-state index contributed by atoms with van der Waals surface area (Å²) in [6.07, 6.45) is -4.62. The molecule has 2 nitrogen and oxygen atoms in total. The van der Waals surface area contributed by atoms with E-state index in [-0.39, 0.29) is 12.4 Å². The van der Waals surface area contributed by atoms with Gasteiger partial charge in [-0.2, -0.15) is 13.2 Å². The summed E-state index contributed by atoms with van der Waals surface area (Å²) in [7, 11) is 0. The first-order valence-corrected chi connectivity index (χ1v) is 1.19. The molecule has 0 aromatic carbocycles. The first kappa shape index (κ1) is 9.65. The van der Waals surface area contributed by atoms with Crippen LogP contribution >= 0.6 is 0 Å². The zero-order chi connectivity index (χ0) is 5.21. The van der Waals surface area contributed by atoms with Gasteiger partial charge in [0.25, 0.3) is 0 Å². The van der Waals surface area contributed by atoms with Crippen LogP contribution in [0.3, 0.4) is 0 Å². The number of hydrogen-bond acceptors (Lipinski definition) is 0. The lowest BCUT2D eigenvalue weighted by Gasteiger charge is -1.86. The molecule has 0 aliphatic rings. The zero-order valence-electron chi connectivity index (χ0n) is 3.37. The van der Waals surface area contributed by atoms with E-state index in [1.54, 1.807) is 0 Å². The summed E-state index contributed by atoms with van der Waals surface area (Å²) in [6, 6.07) is 0. The second-order valence-electron chi connectivity index (χ2n) is 0.708. The predicted octanol–water partition coefficient (Wildman–Crippen LogP) is 0.0957. The van der Waals surface area contributed by atoms with Crippen LogP contribution in [0, 0.1) is 0 Å². The molecule has 0 unspecified atom stereocenters. The van der Waals surface area contributed by atoms with Crippen molar-refractivity contribution in [2.24, 2.45) is 0 Å². The molecule has 0 radical (unpaired) electrons. The number of rotatable bonds is 0. The maximum atomic E-state index is 10.6. The van der Waals surface area contributed by atoms with Crippen LogP contribution in [0.1, 0.15) is 0 Å². The Morgan fingerprint density at radius 2 is 1.43 bits per heavy atom. The van der Waals surface area contributed by atoms with Crippen LogP contribution in [-0.4, -0.2) is 12.4 Å². The fraction of sp³-hybridized carbons (Fsp3) is 0.500. The van der Waals surface area contributed by atoms with Gasteiger partial charge in [0.2, 0.25) is 6.21 Å². The van der Waals surface area contributed by atoms with Crippen LogP contribution in [0.5, 0.6) is 0 Å². The lowest BCUT2D eigenvalue weighted by Crippen LogP contribution is -2.37. The molecule has 0 amide bonds. The summed E-state index contributed by atoms with van der Waals surface area (Å²) in [5.74, 6) is 0. The molecule has 0 aromatic rings. The molecule has 0 saturated carbocycles. The van der Waals surface area contributed by atoms with E-state index in [1.165, 1.54) is 0 Å². The molecule has 0 aliphatic heterocycles. The molecule has 4 N–H and O–H groups in total. The van der Waals surface area contributed by atoms with Crippen LogP contribution in [-0.2, 0) is 0 Å². The second kappa shape index (κ2) is 2.57. The highest BCUT2D eigenvalue weighted by Crippen LogP contribution is 2.07. The normalized spacial score (nSPS) is 9.57. The van der Waals surface area contributed by atoms with Gasteiger partial charge in [-0.3, -0.25) is 5.41 Å². The third-order valence-corrected chi connectivity index (χ3v) is 0.189. The van der Waals surface area contributed by atoms with Crippen molar-refractivity contribution in [2.45, 2.75) is 6.18 Å². The summed E-state index contributed by atoms with van der Waals surface area (Å²) in [4.78, 5) is 0. The number of nitrogens with two attached hydrogens (primary N) is 2. The van der Waals surface area contributed by atoms with E-state index in [1.807, 2.05) is 0 Å². The van der Waals surface area contributed by atoms with Gasteiger partial charge >= 0.3 is 6.18 Å². The molecule has 5 heteroatoms. The molecule has 0 spiro atoms. The average molecular weight is 114 g/mol. The number of hydrogen-bond donors (Lipinski definition) is 1. The largest absolute Gasteiger partial charge is 0.693 e. The Kier molecular flexibility index (Phi) is 3.54. The Morgan fingerprint density at radius 3 is 1.43 bits per heavy atom. The Labute approximate surface area is 38.4 Å². The molecule has 0 aromatic heterocycles. The third-order valence-electron chi connectivity index (χ3n) is 0.189. The zero-order valence-corrected chi connectivity index (χ0v) is 3.37. The van der Waals surface area contributed by atoms with E-state index in [4.69, 9.17) is 0 Å². The van der Waals surface area contributed by atoms with E-state index in [0.717, 1.165) is 0 Å². The SMILES string of the molecule is [NH2+]=CC(F)(F)F.[NH2-]. The van der Waals surface area contributed by atoms with Crippen LogP contribution in [0.25, 0.3) is 6.15 Å². The fourth-order valence-electron chi connectivity index (χ4n) is 0. The second-order valence-corrected chi connectivity index (χ2v) is 0.708. The lowest BCUT2D eigenvalue weighted by molar-refractivity contribution is -0.156. The Morgan fingerprint density at radius 1 is 1.29 bits per heavy atom. The topological polar surface area (TPSA) is 59.1 Å². The van der Waals surface area contributed by atoms with Crippen molar-refractivity contribution >= 4 is 6.21 Å². The molecular weight excluding hydrogens is 109 g/mol. The van der Waals surface area contributed by atoms with E-state index in [2.05, 4.69) is 5.41 Å². The molecule has 0 atom stereocenters. The van der Waals surface area contributed by atoms with Crippen LogP contribution in [0.2, 0.25) is 0 Å². The van der Waals surface area contributed by atoms with Gasteiger partial charge in [-0.05, 0) is 0 Å². The molecule has 0 fully saturated rings. The van der Waals surface area contributed by atoms with Crippen molar-refractivity contribution in [2.75, 3.05) is 0 Å². The van der Waals surface area contributed by atoms with Crippen molar-refractivity contribution in [3.63, 3.8) is 0 Å². The summed E-state index contributed by atoms with van der Waals surface area (Å²) in [6.45, 7) is 0. The van der Waals surface area contributed by atoms with Gasteiger partial charge in [-0.25, -0.2) is 0 Å². The molecule has 0 rings (SSSR count). The maximum Gasteiger partial charge on any atom is 0.469 e. The standard InChI is InChI=1S/C2H2F3N.H2N/c3-2(4,5)1-6;/h1,6H;1H2/q;-1/p+1. The van der Waals surface area contributed by atoms with Gasteiger partial charge in [0.05, 0.1) is 0 Å². The summed E-state index contributed by atoms with van der Waals surface area (Å²) in [5.41, 5.74) is 0. The third kappa shape index (κ3) is 10.8. The van der Waals surface area contributed by atoms with Gasteiger partial charge in [0.1, 0.15) is 0 Å². The first-order valence-electron chi connectivity index (χ1n) is 1.19. The van der Waals surface area contributed by atoms with Crippen molar-refractivity contribution in [1.29, 1.82) is 0 Å². The minimum Gasteiger partial charge on any atom is -0.693 e. The molecular formula is C2H5F3N2. The van der Waals surface area contributed by atoms with Crippen molar-refractivity contribution in [3.8, 4) is 0 Å². The van der Waals surface area contributed by atoms with E-state index in [0.29, 0.717) is 0 Å². The maximum absolute atomic E-state index is 10.6. The van der Waals surface area contributed by atoms with Crippen LogP contribution in [0.15, 0.2) is 0 Å². The Hall–Kier alpha value is -0.580. The van der Waals surface area contributed by atoms with Gasteiger partial charge in [-0.1, -0.05) is 0 Å². The van der Waals surface area contributed by atoms with Crippen LogP contribution < -0.4 is 5.41 Å². The molecule has 0 heterocycles. The first-order chi connectivity index (χ1) is 2.56. The van der Waals surface area contributed by atoms with Gasteiger partial charge in [0.15, 0.2) is 0 Å². The molecule has 44 valence electrons. The van der Waals surface area contributed by atoms with Gasteiger partial charge < -0.3 is 6.15 Å². The Bertz CT molecular complexity index is 56.4. The quantitative estimate of drug-likeness (QED) is 0.434. The van der Waals surface area contributed by atoms with Crippen LogP contribution in [0.4, 0.5) is 13.2 Å². The highest BCUT2D eigenvalue weighted by Gasteiger charge is 2.26. The molecule has 0 bridgehead atoms. The van der Waals surface area contributed by atoms with E-state index in [9.17, 15) is 13.2 Å². The lowest BCUT2D eigenvalue weighted by atomic mass is 10.7. The minimum atomic E-state index is -4.31. The summed E-state index contributed by atoms with van der Waals surface area (Å²) in [5, 5.41) is 4.06. The predicted molar refractivity (Wildman–Crippen MR) is 19.3 cm³/mol. The van der Waals surface area contributed by atoms with Crippen molar-refractivity contribution < 1.29 is 18.6 Å². The Balaban J connectivity index is 0. The monoisotopic (exact) mass is 114 g/mol. The van der Waals surface area contributed by atoms with Gasteiger partial charge in [-0.15, -0.1) is 0 Å². The summed E-state index contributed by atoms with van der Waals surface area (Å²) >= 11 is 0. The highest BCUT2D eigenvalue weighted by atomic mass is 19.4. The summed E-state index contributed by atoms with van der Waals surface area (Å²) < 4.78 is 31.8. The molecule has 0 saturated heterocycles. The average Bonchev–Trinajstić information content (AvgIpc) is 1.35. The molecule has 7 heavy (non-hydrogen) atoms. The molecule has 0 aliphatic carbocycles. The fourth-order valence-corrected chi connectivity index (χ4v) is 0. The number of halogens is 3. The van der Waals surface area contributed by atoms with E-state index >= 15 is 0 Å². The van der Waals surface area contributed by atoms with Crippen molar-refractivity contribution in [1.82, 2.24) is 0 Å². The number of alkyl halides is 3. The van der Waals surface area contributed by atoms with Crippen molar-refractivity contribution in [3.05, 3.63) is 6.15 Å². The van der Waals surface area contributed by atoms with E-state index < -0.39 is 6.18 Å².